The van der Waals surface area contributed by atoms with Gasteiger partial charge in [-0.05, 0) is 19.5 Å². The monoisotopic (exact) mass is 235 g/mol. The Hall–Kier alpha value is -1.69. The Balaban J connectivity index is 2.18. The van der Waals surface area contributed by atoms with Gasteiger partial charge in [0.1, 0.15) is 5.39 Å². The number of rotatable bonds is 5. The van der Waals surface area contributed by atoms with Crippen LogP contribution < -0.4 is 10.9 Å². The number of hydrogen-bond acceptors (Lipinski definition) is 4. The molecule has 92 valence electrons. The summed E-state index contributed by atoms with van der Waals surface area (Å²) in [6.45, 7) is 4.61. The molecule has 17 heavy (non-hydrogen) atoms. The van der Waals surface area contributed by atoms with E-state index in [-0.39, 0.29) is 5.56 Å². The fourth-order valence-corrected chi connectivity index (χ4v) is 1.78. The summed E-state index contributed by atoms with van der Waals surface area (Å²) in [7, 11) is 1.78. The van der Waals surface area contributed by atoms with Gasteiger partial charge in [0.05, 0.1) is 12.5 Å². The fourth-order valence-electron chi connectivity index (χ4n) is 1.78. The van der Waals surface area contributed by atoms with Crippen LogP contribution in [0.1, 0.15) is 13.3 Å². The van der Waals surface area contributed by atoms with Gasteiger partial charge in [-0.3, -0.25) is 14.0 Å². The predicted molar refractivity (Wildman–Crippen MR) is 65.9 cm³/mol. The van der Waals surface area contributed by atoms with Gasteiger partial charge in [0.2, 0.25) is 0 Å². The molecule has 0 radical (unpaired) electrons. The van der Waals surface area contributed by atoms with E-state index in [1.54, 1.807) is 28.8 Å². The first-order valence-corrected chi connectivity index (χ1v) is 5.82. The van der Waals surface area contributed by atoms with E-state index in [9.17, 15) is 4.79 Å². The molecular weight excluding hydrogens is 218 g/mol. The van der Waals surface area contributed by atoms with Crippen LogP contribution in [0.5, 0.6) is 0 Å². The van der Waals surface area contributed by atoms with Gasteiger partial charge in [-0.1, -0.05) is 6.92 Å². The second-order valence-electron chi connectivity index (χ2n) is 3.96. The molecule has 0 aliphatic heterocycles. The van der Waals surface area contributed by atoms with Crippen LogP contribution in [-0.2, 0) is 13.6 Å². The topological polar surface area (TPSA) is 64.7 Å². The quantitative estimate of drug-likeness (QED) is 0.748. The Kier molecular flexibility index (Phi) is 3.53. The molecule has 0 aliphatic rings. The number of nitrogens with one attached hydrogen (secondary N) is 1. The van der Waals surface area contributed by atoms with Crippen molar-refractivity contribution in [2.75, 3.05) is 13.1 Å². The summed E-state index contributed by atoms with van der Waals surface area (Å²) < 4.78 is 3.25. The van der Waals surface area contributed by atoms with E-state index in [0.717, 1.165) is 19.5 Å². The highest BCUT2D eigenvalue weighted by Crippen LogP contribution is 2.03. The minimum atomic E-state index is -0.0143. The SMILES string of the molecule is CCNCCCn1cnc2c(cnn2C)c1=O. The number of nitrogens with zero attached hydrogens (tertiary/aromatic N) is 4. The minimum absolute atomic E-state index is 0.0143. The normalized spacial score (nSPS) is 11.2. The average molecular weight is 235 g/mol. The van der Waals surface area contributed by atoms with Crippen molar-refractivity contribution in [1.29, 1.82) is 0 Å². The van der Waals surface area contributed by atoms with Crippen molar-refractivity contribution in [2.45, 2.75) is 19.9 Å². The molecule has 0 atom stereocenters. The van der Waals surface area contributed by atoms with Crippen molar-refractivity contribution in [2.24, 2.45) is 7.05 Å². The average Bonchev–Trinajstić information content (AvgIpc) is 2.70. The molecule has 0 bridgehead atoms. The maximum absolute atomic E-state index is 12.1. The van der Waals surface area contributed by atoms with Gasteiger partial charge >= 0.3 is 0 Å². The smallest absolute Gasteiger partial charge is 0.264 e. The zero-order valence-electron chi connectivity index (χ0n) is 10.2. The molecule has 2 heterocycles. The van der Waals surface area contributed by atoms with Crippen molar-refractivity contribution < 1.29 is 0 Å². The lowest BCUT2D eigenvalue weighted by atomic mass is 10.4. The molecule has 2 aromatic heterocycles. The van der Waals surface area contributed by atoms with Crippen molar-refractivity contribution in [1.82, 2.24) is 24.6 Å². The Bertz CT molecular complexity index is 556. The first-order chi connectivity index (χ1) is 8.24. The van der Waals surface area contributed by atoms with Gasteiger partial charge in [0, 0.05) is 13.6 Å². The summed E-state index contributed by atoms with van der Waals surface area (Å²) in [5.74, 6) is 0. The molecule has 2 rings (SSSR count). The molecule has 6 heteroatoms. The molecule has 0 fully saturated rings. The van der Waals surface area contributed by atoms with Crippen molar-refractivity contribution >= 4 is 11.0 Å². The maximum Gasteiger partial charge on any atom is 0.264 e. The van der Waals surface area contributed by atoms with Crippen LogP contribution in [-0.4, -0.2) is 32.4 Å². The minimum Gasteiger partial charge on any atom is -0.317 e. The van der Waals surface area contributed by atoms with Gasteiger partial charge in [-0.15, -0.1) is 0 Å². The summed E-state index contributed by atoms with van der Waals surface area (Å²) in [6.07, 6.45) is 4.09. The fraction of sp³-hybridized carbons (Fsp3) is 0.545. The Morgan fingerprint density at radius 2 is 2.29 bits per heavy atom. The van der Waals surface area contributed by atoms with Gasteiger partial charge in [0.15, 0.2) is 5.65 Å². The highest BCUT2D eigenvalue weighted by atomic mass is 16.1. The van der Waals surface area contributed by atoms with E-state index >= 15 is 0 Å². The zero-order chi connectivity index (χ0) is 12.3. The van der Waals surface area contributed by atoms with Gasteiger partial charge < -0.3 is 5.32 Å². The van der Waals surface area contributed by atoms with Crippen molar-refractivity contribution in [3.63, 3.8) is 0 Å². The van der Waals surface area contributed by atoms with Crippen LogP contribution in [0.3, 0.4) is 0 Å². The van der Waals surface area contributed by atoms with Crippen LogP contribution >= 0.6 is 0 Å². The van der Waals surface area contributed by atoms with Gasteiger partial charge in [0.25, 0.3) is 5.56 Å². The Morgan fingerprint density at radius 3 is 3.06 bits per heavy atom. The summed E-state index contributed by atoms with van der Waals surface area (Å²) in [4.78, 5) is 16.3. The largest absolute Gasteiger partial charge is 0.317 e. The van der Waals surface area contributed by atoms with E-state index in [2.05, 4.69) is 22.3 Å². The summed E-state index contributed by atoms with van der Waals surface area (Å²) >= 11 is 0. The molecule has 0 spiro atoms. The highest BCUT2D eigenvalue weighted by Gasteiger charge is 2.07. The van der Waals surface area contributed by atoms with E-state index in [0.29, 0.717) is 17.6 Å². The molecule has 0 saturated carbocycles. The number of hydrogen-bond donors (Lipinski definition) is 1. The number of aryl methyl sites for hydroxylation is 2. The van der Waals surface area contributed by atoms with Crippen molar-refractivity contribution in [3.8, 4) is 0 Å². The van der Waals surface area contributed by atoms with Crippen LogP contribution in [0.15, 0.2) is 17.3 Å². The lowest BCUT2D eigenvalue weighted by molar-refractivity contribution is 0.576. The second-order valence-corrected chi connectivity index (χ2v) is 3.96. The Morgan fingerprint density at radius 1 is 1.47 bits per heavy atom. The number of fused-ring (bicyclic) bond motifs is 1. The highest BCUT2D eigenvalue weighted by molar-refractivity contribution is 5.72. The van der Waals surface area contributed by atoms with E-state index in [4.69, 9.17) is 0 Å². The van der Waals surface area contributed by atoms with Gasteiger partial charge in [-0.2, -0.15) is 5.10 Å². The third-order valence-corrected chi connectivity index (χ3v) is 2.72. The molecule has 0 aromatic carbocycles. The molecule has 2 aromatic rings. The number of aromatic nitrogens is 4. The Labute approximate surface area is 99.3 Å². The third-order valence-electron chi connectivity index (χ3n) is 2.72. The molecule has 0 saturated heterocycles. The first kappa shape index (κ1) is 11.8. The van der Waals surface area contributed by atoms with E-state index < -0.39 is 0 Å². The molecule has 1 N–H and O–H groups in total. The van der Waals surface area contributed by atoms with Crippen LogP contribution in [0.4, 0.5) is 0 Å². The maximum atomic E-state index is 12.1. The molecule has 0 amide bonds. The zero-order valence-corrected chi connectivity index (χ0v) is 10.2. The summed E-state index contributed by atoms with van der Waals surface area (Å²) in [5.41, 5.74) is 0.623. The molecule has 0 aliphatic carbocycles. The van der Waals surface area contributed by atoms with Crippen LogP contribution in [0.2, 0.25) is 0 Å². The molecule has 6 nitrogen and oxygen atoms in total. The molecule has 0 unspecified atom stereocenters. The van der Waals surface area contributed by atoms with Crippen LogP contribution in [0, 0.1) is 0 Å². The predicted octanol–water partition coefficient (Wildman–Crippen LogP) is 0.130. The lowest BCUT2D eigenvalue weighted by Crippen LogP contribution is -2.23. The second kappa shape index (κ2) is 5.09. The van der Waals surface area contributed by atoms with Gasteiger partial charge in [-0.25, -0.2) is 4.98 Å². The van der Waals surface area contributed by atoms with E-state index in [1.807, 2.05) is 0 Å². The molecular formula is C11H17N5O. The standard InChI is InChI=1S/C11H17N5O/c1-3-12-5-4-6-16-8-13-10-9(11(16)17)7-14-15(10)2/h7-8,12H,3-6H2,1-2H3. The summed E-state index contributed by atoms with van der Waals surface area (Å²) in [5, 5.41) is 7.84. The van der Waals surface area contributed by atoms with Crippen molar-refractivity contribution in [3.05, 3.63) is 22.9 Å². The third kappa shape index (κ3) is 2.36. The first-order valence-electron chi connectivity index (χ1n) is 5.82. The van der Waals surface area contributed by atoms with E-state index in [1.165, 1.54) is 0 Å². The lowest BCUT2D eigenvalue weighted by Gasteiger charge is -2.05. The van der Waals surface area contributed by atoms with Crippen LogP contribution in [0.25, 0.3) is 11.0 Å². The summed E-state index contributed by atoms with van der Waals surface area (Å²) in [6, 6.07) is 0.